The summed E-state index contributed by atoms with van der Waals surface area (Å²) < 4.78 is 1.81. The Kier molecular flexibility index (Phi) is 4.43. The van der Waals surface area contributed by atoms with Gasteiger partial charge in [0, 0.05) is 31.5 Å². The van der Waals surface area contributed by atoms with Gasteiger partial charge in [-0.3, -0.25) is 9.69 Å². The van der Waals surface area contributed by atoms with E-state index in [1.54, 1.807) is 0 Å². The Morgan fingerprint density at radius 1 is 1.43 bits per heavy atom. The molecule has 122 valence electrons. The lowest BCUT2D eigenvalue weighted by atomic mass is 10.1. The summed E-state index contributed by atoms with van der Waals surface area (Å²) in [6, 6.07) is 3.99. The number of carbonyl (C=O) groups is 1. The van der Waals surface area contributed by atoms with E-state index in [2.05, 4.69) is 27.2 Å². The van der Waals surface area contributed by atoms with Crippen molar-refractivity contribution >= 4 is 5.91 Å². The van der Waals surface area contributed by atoms with Gasteiger partial charge in [0.05, 0.1) is 11.7 Å². The van der Waals surface area contributed by atoms with Crippen molar-refractivity contribution in [3.63, 3.8) is 0 Å². The summed E-state index contributed by atoms with van der Waals surface area (Å²) in [5.41, 5.74) is 2.69. The van der Waals surface area contributed by atoms with Gasteiger partial charge in [0.2, 0.25) is 0 Å². The highest BCUT2D eigenvalue weighted by Crippen LogP contribution is 2.31. The highest BCUT2D eigenvalue weighted by Gasteiger charge is 2.26. The number of hydrogen-bond donors (Lipinski definition) is 1. The van der Waals surface area contributed by atoms with Crippen LogP contribution in [0.25, 0.3) is 0 Å². The number of amides is 1. The Balaban J connectivity index is 1.77. The molecule has 1 atom stereocenters. The molecule has 6 nitrogen and oxygen atoms in total. The molecule has 0 unspecified atom stereocenters. The first kappa shape index (κ1) is 15.7. The summed E-state index contributed by atoms with van der Waals surface area (Å²) in [6.07, 6.45) is 5.99. The van der Waals surface area contributed by atoms with Gasteiger partial charge in [0.25, 0.3) is 5.91 Å². The Morgan fingerprint density at radius 3 is 2.91 bits per heavy atom. The van der Waals surface area contributed by atoms with Gasteiger partial charge in [-0.05, 0) is 45.5 Å². The Bertz CT molecular complexity index is 709. The molecule has 2 aromatic heterocycles. The number of nitrogens with one attached hydrogen (secondary N) is 1. The van der Waals surface area contributed by atoms with Crippen LogP contribution < -0.4 is 5.32 Å². The van der Waals surface area contributed by atoms with Crippen LogP contribution in [-0.4, -0.2) is 38.9 Å². The normalized spacial score (nSPS) is 18.3. The van der Waals surface area contributed by atoms with Gasteiger partial charge in [-0.1, -0.05) is 0 Å². The number of hydrogen-bond acceptors (Lipinski definition) is 4. The molecule has 3 rings (SSSR count). The zero-order valence-corrected chi connectivity index (χ0v) is 13.9. The number of nitrogens with zero attached hydrogens (tertiary/aromatic N) is 4. The van der Waals surface area contributed by atoms with E-state index in [1.165, 1.54) is 6.42 Å². The minimum absolute atomic E-state index is 0.0798. The molecule has 1 aliphatic heterocycles. The van der Waals surface area contributed by atoms with Crippen LogP contribution in [0, 0.1) is 6.92 Å². The Hall–Kier alpha value is -2.21. The molecule has 1 N–H and O–H groups in total. The first-order valence-electron chi connectivity index (χ1n) is 7.98. The van der Waals surface area contributed by atoms with E-state index in [9.17, 15) is 4.79 Å². The lowest BCUT2D eigenvalue weighted by Gasteiger charge is -2.21. The van der Waals surface area contributed by atoms with Crippen molar-refractivity contribution in [2.45, 2.75) is 32.4 Å². The molecular weight excluding hydrogens is 290 g/mol. The van der Waals surface area contributed by atoms with Crippen LogP contribution in [-0.2, 0) is 13.6 Å². The molecule has 2 aromatic rings. The number of aromatic nitrogens is 3. The van der Waals surface area contributed by atoms with Crippen LogP contribution in [0.15, 0.2) is 24.5 Å². The molecule has 0 spiro atoms. The number of rotatable bonds is 4. The first-order chi connectivity index (χ1) is 11.1. The summed E-state index contributed by atoms with van der Waals surface area (Å²) in [5, 5.41) is 2.98. The average Bonchev–Trinajstić information content (AvgIpc) is 3.14. The van der Waals surface area contributed by atoms with Crippen molar-refractivity contribution in [3.05, 3.63) is 47.3 Å². The molecule has 0 radical (unpaired) electrons. The fourth-order valence-electron chi connectivity index (χ4n) is 3.16. The van der Waals surface area contributed by atoms with E-state index in [4.69, 9.17) is 0 Å². The summed E-state index contributed by atoms with van der Waals surface area (Å²) in [6.45, 7) is 3.44. The molecule has 1 saturated heterocycles. The first-order valence-corrected chi connectivity index (χ1v) is 7.98. The van der Waals surface area contributed by atoms with Gasteiger partial charge >= 0.3 is 0 Å². The fourth-order valence-corrected chi connectivity index (χ4v) is 3.16. The van der Waals surface area contributed by atoms with Gasteiger partial charge in [-0.2, -0.15) is 0 Å². The number of aryl methyl sites for hydroxylation is 2. The third-order valence-electron chi connectivity index (χ3n) is 4.47. The predicted octanol–water partition coefficient (Wildman–Crippen LogP) is 1.82. The van der Waals surface area contributed by atoms with Crippen molar-refractivity contribution in [1.29, 1.82) is 0 Å². The highest BCUT2D eigenvalue weighted by molar-refractivity contribution is 5.92. The summed E-state index contributed by atoms with van der Waals surface area (Å²) in [5.74, 6) is 0.696. The van der Waals surface area contributed by atoms with Gasteiger partial charge in [-0.15, -0.1) is 0 Å². The van der Waals surface area contributed by atoms with E-state index in [1.807, 2.05) is 43.1 Å². The molecule has 3 heterocycles. The van der Waals surface area contributed by atoms with Crippen molar-refractivity contribution in [1.82, 2.24) is 24.8 Å². The molecule has 1 fully saturated rings. The second kappa shape index (κ2) is 6.50. The van der Waals surface area contributed by atoms with E-state index >= 15 is 0 Å². The van der Waals surface area contributed by atoms with Crippen LogP contribution in [0.4, 0.5) is 0 Å². The molecule has 1 aliphatic rings. The largest absolute Gasteiger partial charge is 0.347 e. The summed E-state index contributed by atoms with van der Waals surface area (Å²) >= 11 is 0. The number of carbonyl (C=O) groups excluding carboxylic acids is 1. The van der Waals surface area contributed by atoms with Crippen LogP contribution in [0.1, 0.15) is 46.5 Å². The topological polar surface area (TPSA) is 63.1 Å². The van der Waals surface area contributed by atoms with E-state index in [0.29, 0.717) is 18.3 Å². The minimum atomic E-state index is -0.0798. The lowest BCUT2D eigenvalue weighted by molar-refractivity contribution is 0.0942. The maximum atomic E-state index is 12.3. The van der Waals surface area contributed by atoms with Crippen molar-refractivity contribution in [2.75, 3.05) is 13.6 Å². The van der Waals surface area contributed by atoms with Crippen LogP contribution in [0.3, 0.4) is 0 Å². The zero-order valence-electron chi connectivity index (χ0n) is 13.9. The van der Waals surface area contributed by atoms with Gasteiger partial charge < -0.3 is 9.88 Å². The third kappa shape index (κ3) is 3.27. The number of likely N-dealkylation sites (tertiary alicyclic amines) is 1. The molecular formula is C17H23N5O. The van der Waals surface area contributed by atoms with E-state index < -0.39 is 0 Å². The van der Waals surface area contributed by atoms with Crippen molar-refractivity contribution in [2.24, 2.45) is 7.05 Å². The van der Waals surface area contributed by atoms with Crippen molar-refractivity contribution < 1.29 is 4.79 Å². The molecule has 1 amide bonds. The molecule has 0 aliphatic carbocycles. The van der Waals surface area contributed by atoms with Crippen LogP contribution >= 0.6 is 0 Å². The smallest absolute Gasteiger partial charge is 0.268 e. The molecule has 23 heavy (non-hydrogen) atoms. The summed E-state index contributed by atoms with van der Waals surface area (Å²) in [7, 11) is 3.99. The maximum Gasteiger partial charge on any atom is 0.268 e. The van der Waals surface area contributed by atoms with Gasteiger partial charge in [-0.25, -0.2) is 9.97 Å². The molecule has 0 aromatic carbocycles. The van der Waals surface area contributed by atoms with Crippen LogP contribution in [0.2, 0.25) is 0 Å². The van der Waals surface area contributed by atoms with Crippen molar-refractivity contribution in [3.8, 4) is 0 Å². The molecule has 0 bridgehead atoms. The standard InChI is InChI=1S/C17H23N5O/c1-12-18-10-13(16(20-12)14-6-4-8-21(14)2)11-19-17(23)15-7-5-9-22(15)3/h5,7,9-10,14H,4,6,8,11H2,1-3H3,(H,19,23)/t14-/m0/s1. The minimum Gasteiger partial charge on any atom is -0.347 e. The Labute approximate surface area is 136 Å². The SMILES string of the molecule is Cc1ncc(CNC(=O)c2cccn2C)c([C@@H]2CCCN2C)n1. The second-order valence-electron chi connectivity index (χ2n) is 6.15. The maximum absolute atomic E-state index is 12.3. The van der Waals surface area contributed by atoms with Gasteiger partial charge in [0.1, 0.15) is 11.5 Å². The summed E-state index contributed by atoms with van der Waals surface area (Å²) in [4.78, 5) is 23.6. The Morgan fingerprint density at radius 2 is 2.26 bits per heavy atom. The molecule has 0 saturated carbocycles. The predicted molar refractivity (Wildman–Crippen MR) is 88.0 cm³/mol. The van der Waals surface area contributed by atoms with Crippen LogP contribution in [0.5, 0.6) is 0 Å². The second-order valence-corrected chi connectivity index (χ2v) is 6.15. The highest BCUT2D eigenvalue weighted by atomic mass is 16.1. The molecule has 6 heteroatoms. The van der Waals surface area contributed by atoms with E-state index in [0.717, 1.165) is 30.0 Å². The third-order valence-corrected chi connectivity index (χ3v) is 4.47. The monoisotopic (exact) mass is 313 g/mol. The zero-order chi connectivity index (χ0) is 16.4. The van der Waals surface area contributed by atoms with Gasteiger partial charge in [0.15, 0.2) is 0 Å². The average molecular weight is 313 g/mol. The van der Waals surface area contributed by atoms with E-state index in [-0.39, 0.29) is 5.91 Å². The fraction of sp³-hybridized carbons (Fsp3) is 0.471. The lowest BCUT2D eigenvalue weighted by Crippen LogP contribution is -2.27. The quantitative estimate of drug-likeness (QED) is 0.935.